The molecule has 0 radical (unpaired) electrons. The summed E-state index contributed by atoms with van der Waals surface area (Å²) in [5, 5.41) is 21.1. The zero-order valence-corrected chi connectivity index (χ0v) is 12.2. The van der Waals surface area contributed by atoms with Crippen LogP contribution in [-0.4, -0.2) is 34.5 Å². The Morgan fingerprint density at radius 2 is 2.20 bits per heavy atom. The Hall–Kier alpha value is -1.69. The Bertz CT molecular complexity index is 595. The molecular weight excluding hydrogens is 272 g/mol. The zero-order chi connectivity index (χ0) is 14.5. The van der Waals surface area contributed by atoms with E-state index >= 15 is 0 Å². The first-order valence-electron chi connectivity index (χ1n) is 6.36. The van der Waals surface area contributed by atoms with Crippen molar-refractivity contribution in [2.24, 2.45) is 0 Å². The minimum atomic E-state index is -0.773. The Labute approximate surface area is 122 Å². The van der Waals surface area contributed by atoms with Gasteiger partial charge in [-0.3, -0.25) is 4.98 Å². The number of rotatable bonds is 6. The summed E-state index contributed by atoms with van der Waals surface area (Å²) in [6.45, 7) is 5.93. The van der Waals surface area contributed by atoms with Gasteiger partial charge in [-0.25, -0.2) is 0 Å². The van der Waals surface area contributed by atoms with Crippen LogP contribution in [-0.2, 0) is 0 Å². The zero-order valence-electron chi connectivity index (χ0n) is 11.3. The van der Waals surface area contributed by atoms with Crippen LogP contribution in [0.3, 0.4) is 0 Å². The van der Waals surface area contributed by atoms with Crippen LogP contribution in [0.1, 0.15) is 10.6 Å². The molecule has 0 aliphatic heterocycles. The van der Waals surface area contributed by atoms with Crippen molar-refractivity contribution >= 4 is 17.0 Å². The molecule has 0 spiro atoms. The maximum atomic E-state index is 9.31. The molecule has 106 valence electrons. The van der Waals surface area contributed by atoms with Gasteiger partial charge in [0.05, 0.1) is 28.2 Å². The summed E-state index contributed by atoms with van der Waals surface area (Å²) in [6, 6.07) is 9.92. The molecule has 1 atom stereocenters. The van der Waals surface area contributed by atoms with E-state index in [1.165, 1.54) is 0 Å². The smallest absolute Gasteiger partial charge is 0.0942 e. The fourth-order valence-electron chi connectivity index (χ4n) is 1.71. The fourth-order valence-corrected chi connectivity index (χ4v) is 2.63. The second-order valence-electron chi connectivity index (χ2n) is 4.52. The van der Waals surface area contributed by atoms with Crippen molar-refractivity contribution in [3.8, 4) is 10.6 Å². The third kappa shape index (κ3) is 3.66. The maximum Gasteiger partial charge on any atom is 0.0942 e. The predicted molar refractivity (Wildman–Crippen MR) is 82.4 cm³/mol. The Morgan fingerprint density at radius 3 is 2.90 bits per heavy atom. The van der Waals surface area contributed by atoms with E-state index in [1.54, 1.807) is 11.3 Å². The third-order valence-corrected chi connectivity index (χ3v) is 3.97. The topological polar surface area (TPSA) is 65.4 Å². The van der Waals surface area contributed by atoms with Crippen LogP contribution in [0.2, 0.25) is 0 Å². The molecule has 0 aliphatic carbocycles. The minimum absolute atomic E-state index is 0.261. The number of nitrogens with one attached hydrogen (secondary N) is 1. The molecule has 20 heavy (non-hydrogen) atoms. The number of hydrogen-bond donors (Lipinski definition) is 3. The van der Waals surface area contributed by atoms with Crippen LogP contribution in [0.25, 0.3) is 16.3 Å². The lowest BCUT2D eigenvalue weighted by atomic mass is 10.2. The van der Waals surface area contributed by atoms with Crippen molar-refractivity contribution in [2.75, 3.05) is 13.2 Å². The molecule has 4 nitrogen and oxygen atoms in total. The van der Waals surface area contributed by atoms with Crippen molar-refractivity contribution < 1.29 is 10.2 Å². The first-order valence-corrected chi connectivity index (χ1v) is 7.17. The lowest BCUT2D eigenvalue weighted by Gasteiger charge is -2.11. The largest absolute Gasteiger partial charge is 0.394 e. The lowest BCUT2D eigenvalue weighted by Crippen LogP contribution is -2.27. The Balaban J connectivity index is 2.07. The molecule has 0 fully saturated rings. The highest BCUT2D eigenvalue weighted by Gasteiger charge is 2.08. The molecule has 5 heteroatoms. The van der Waals surface area contributed by atoms with Crippen molar-refractivity contribution in [2.45, 2.75) is 13.0 Å². The maximum absolute atomic E-state index is 9.31. The number of pyridine rings is 1. The number of aliphatic hydroxyl groups is 2. The number of aryl methyl sites for hydroxylation is 1. The molecule has 0 bridgehead atoms. The summed E-state index contributed by atoms with van der Waals surface area (Å²) in [6.07, 6.45) is -0.773. The van der Waals surface area contributed by atoms with Crippen LogP contribution < -0.4 is 5.32 Å². The summed E-state index contributed by atoms with van der Waals surface area (Å²) in [5.41, 5.74) is 2.67. The molecule has 0 saturated carbocycles. The first kappa shape index (κ1) is 14.7. The molecule has 0 amide bonds. The van der Waals surface area contributed by atoms with Gasteiger partial charge in [0, 0.05) is 17.9 Å². The van der Waals surface area contributed by atoms with E-state index in [4.69, 9.17) is 5.11 Å². The quantitative estimate of drug-likeness (QED) is 0.761. The van der Waals surface area contributed by atoms with Gasteiger partial charge in [0.1, 0.15) is 0 Å². The highest BCUT2D eigenvalue weighted by atomic mass is 32.1. The Kier molecular flexibility index (Phi) is 4.89. The van der Waals surface area contributed by atoms with Crippen molar-refractivity contribution in [3.63, 3.8) is 0 Å². The highest BCUT2D eigenvalue weighted by Crippen LogP contribution is 2.29. The van der Waals surface area contributed by atoms with Crippen LogP contribution in [0, 0.1) is 6.92 Å². The number of aromatic nitrogens is 1. The summed E-state index contributed by atoms with van der Waals surface area (Å²) in [4.78, 5) is 6.56. The minimum Gasteiger partial charge on any atom is -0.394 e. The van der Waals surface area contributed by atoms with Gasteiger partial charge in [-0.05, 0) is 31.2 Å². The highest BCUT2D eigenvalue weighted by molar-refractivity contribution is 7.16. The van der Waals surface area contributed by atoms with Gasteiger partial charge in [0.25, 0.3) is 0 Å². The van der Waals surface area contributed by atoms with Crippen LogP contribution in [0.4, 0.5) is 0 Å². The number of aliphatic hydroxyl groups excluding tert-OH is 2. The molecule has 2 aromatic heterocycles. The summed E-state index contributed by atoms with van der Waals surface area (Å²) >= 11 is 1.59. The number of hydrogen-bond acceptors (Lipinski definition) is 5. The van der Waals surface area contributed by atoms with E-state index in [0.717, 1.165) is 26.8 Å². The monoisotopic (exact) mass is 290 g/mol. The van der Waals surface area contributed by atoms with Gasteiger partial charge in [-0.2, -0.15) is 0 Å². The molecule has 2 aromatic rings. The normalized spacial score (nSPS) is 12.2. The molecule has 1 unspecified atom stereocenters. The molecule has 0 aliphatic rings. The van der Waals surface area contributed by atoms with Crippen LogP contribution >= 0.6 is 11.3 Å². The second kappa shape index (κ2) is 6.65. The van der Waals surface area contributed by atoms with E-state index in [9.17, 15) is 5.11 Å². The standard InChI is InChI=1S/C15H18N2O2S/c1-10-4-3-5-13(17-10)15-7-6-14(20-15)11(2)16-8-12(19)9-18/h3-7,12,16,18-19H,2,8-9H2,1H3. The summed E-state index contributed by atoms with van der Waals surface area (Å²) in [5.74, 6) is 0. The van der Waals surface area contributed by atoms with Crippen molar-refractivity contribution in [1.82, 2.24) is 10.3 Å². The molecule has 0 aromatic carbocycles. The Morgan fingerprint density at radius 1 is 1.40 bits per heavy atom. The SMILES string of the molecule is C=C(NCC(O)CO)c1ccc(-c2cccc(C)n2)s1. The van der Waals surface area contributed by atoms with E-state index in [2.05, 4.69) is 16.9 Å². The molecule has 2 rings (SSSR count). The van der Waals surface area contributed by atoms with Crippen molar-refractivity contribution in [3.05, 3.63) is 47.5 Å². The first-order chi connectivity index (χ1) is 9.60. The average molecular weight is 290 g/mol. The number of thiophene rings is 1. The van der Waals surface area contributed by atoms with Crippen LogP contribution in [0.5, 0.6) is 0 Å². The summed E-state index contributed by atoms with van der Waals surface area (Å²) < 4.78 is 0. The van der Waals surface area contributed by atoms with Gasteiger partial charge in [0.15, 0.2) is 0 Å². The average Bonchev–Trinajstić information content (AvgIpc) is 2.94. The summed E-state index contributed by atoms with van der Waals surface area (Å²) in [7, 11) is 0. The predicted octanol–water partition coefficient (Wildman–Crippen LogP) is 2.03. The molecule has 3 N–H and O–H groups in total. The lowest BCUT2D eigenvalue weighted by molar-refractivity contribution is 0.0978. The third-order valence-electron chi connectivity index (χ3n) is 2.81. The van der Waals surface area contributed by atoms with Gasteiger partial charge < -0.3 is 15.5 Å². The van der Waals surface area contributed by atoms with E-state index in [-0.39, 0.29) is 13.2 Å². The second-order valence-corrected chi connectivity index (χ2v) is 5.61. The van der Waals surface area contributed by atoms with Gasteiger partial charge in [-0.1, -0.05) is 12.6 Å². The molecule has 2 heterocycles. The molecule has 0 saturated heterocycles. The molecular formula is C15H18N2O2S. The van der Waals surface area contributed by atoms with E-state index in [1.807, 2.05) is 37.3 Å². The van der Waals surface area contributed by atoms with Crippen LogP contribution in [0.15, 0.2) is 36.9 Å². The van der Waals surface area contributed by atoms with Crippen molar-refractivity contribution in [1.29, 1.82) is 0 Å². The fraction of sp³-hybridized carbons (Fsp3) is 0.267. The van der Waals surface area contributed by atoms with Gasteiger partial charge in [0.2, 0.25) is 0 Å². The van der Waals surface area contributed by atoms with Gasteiger partial charge in [-0.15, -0.1) is 11.3 Å². The van der Waals surface area contributed by atoms with E-state index < -0.39 is 6.10 Å². The van der Waals surface area contributed by atoms with E-state index in [0.29, 0.717) is 0 Å². The number of nitrogens with zero attached hydrogens (tertiary/aromatic N) is 1. The van der Waals surface area contributed by atoms with Gasteiger partial charge >= 0.3 is 0 Å².